The number of rotatable bonds is 10. The first-order valence-corrected chi connectivity index (χ1v) is 27.4. The molecule has 0 atom stereocenters. The van der Waals surface area contributed by atoms with Crippen LogP contribution in [0, 0.1) is 11.8 Å². The molecule has 3 aliphatic heterocycles. The first kappa shape index (κ1) is 51.2. The lowest BCUT2D eigenvalue weighted by Gasteiger charge is -2.29. The molecule has 2 saturated carbocycles. The topological polar surface area (TPSA) is 236 Å². The summed E-state index contributed by atoms with van der Waals surface area (Å²) >= 11 is 3.10. The molecule has 0 bridgehead atoms. The highest BCUT2D eigenvalue weighted by Crippen LogP contribution is 2.35. The average Bonchev–Trinajstić information content (AvgIpc) is 3.45. The minimum absolute atomic E-state index is 0.00327. The second-order valence-electron chi connectivity index (χ2n) is 19.0. The van der Waals surface area contributed by atoms with E-state index >= 15 is 0 Å². The van der Waals surface area contributed by atoms with Crippen molar-refractivity contribution in [3.63, 3.8) is 0 Å². The summed E-state index contributed by atoms with van der Waals surface area (Å²) in [5.74, 6) is 2.97. The minimum Gasteiger partial charge on any atom is -0.483 e. The zero-order valence-corrected chi connectivity index (χ0v) is 42.9. The summed E-state index contributed by atoms with van der Waals surface area (Å²) < 4.78 is 10.4. The van der Waals surface area contributed by atoms with Crippen LogP contribution in [0.25, 0.3) is 21.7 Å². The third kappa shape index (κ3) is 13.1. The quantitative estimate of drug-likeness (QED) is 0.0677. The van der Waals surface area contributed by atoms with Gasteiger partial charge < -0.3 is 47.1 Å². The molecule has 386 valence electrons. The Morgan fingerprint density at radius 1 is 0.653 bits per heavy atom. The first-order valence-electron chi connectivity index (χ1n) is 25.4. The fraction of sp³-hybridized carbons (Fsp3) is 0.321. The van der Waals surface area contributed by atoms with Crippen LogP contribution in [0.4, 0.5) is 28.6 Å². The fourth-order valence-electron chi connectivity index (χ4n) is 9.85. The molecule has 17 nitrogen and oxygen atoms in total. The van der Waals surface area contributed by atoms with Gasteiger partial charge in [-0.05, 0) is 112 Å². The van der Waals surface area contributed by atoms with Crippen LogP contribution in [0.3, 0.4) is 0 Å². The van der Waals surface area contributed by atoms with Crippen molar-refractivity contribution in [3.8, 4) is 11.6 Å². The van der Waals surface area contributed by atoms with Gasteiger partial charge in [0.05, 0.1) is 44.7 Å². The number of fused-ring (bicyclic) bond motifs is 5. The molecule has 0 unspecified atom stereocenters. The number of pyridine rings is 4. The Balaban J connectivity index is 0.000000142. The van der Waals surface area contributed by atoms with E-state index in [0.29, 0.717) is 66.5 Å². The van der Waals surface area contributed by atoms with Crippen LogP contribution in [0.2, 0.25) is 0 Å². The highest BCUT2D eigenvalue weighted by Gasteiger charge is 2.29. The van der Waals surface area contributed by atoms with Crippen molar-refractivity contribution in [2.24, 2.45) is 11.8 Å². The van der Waals surface area contributed by atoms with Gasteiger partial charge in [0.2, 0.25) is 29.4 Å². The number of nitrogens with one attached hydrogen (secondary N) is 6. The van der Waals surface area contributed by atoms with Crippen LogP contribution in [0.15, 0.2) is 126 Å². The number of anilines is 5. The summed E-state index contributed by atoms with van der Waals surface area (Å²) in [6.07, 6.45) is 14.2. The predicted octanol–water partition coefficient (Wildman–Crippen LogP) is 8.96. The SMILES string of the molecule is Nc1ccnc2c1OCCO2.O=C1CSc2ccc(CNC3CCC(C(=O)Nc4cccc5cnccc45)CC3)cc2N1.O=C1CSc2ccc(CNC3CCC(C(=O)Nc4ccnc5ccccc45)CC3)nc2N1. The van der Waals surface area contributed by atoms with Gasteiger partial charge in [0, 0.05) is 88.5 Å². The number of amides is 4. The Kier molecular flexibility index (Phi) is 16.6. The summed E-state index contributed by atoms with van der Waals surface area (Å²) in [5.41, 5.74) is 11.7. The highest BCUT2D eigenvalue weighted by molar-refractivity contribution is 8.00. The Hall–Kier alpha value is -7.32. The van der Waals surface area contributed by atoms with Crippen molar-refractivity contribution < 1.29 is 28.7 Å². The number of nitrogen functional groups attached to an aromatic ring is 1. The molecule has 2 fully saturated rings. The second kappa shape index (κ2) is 24.4. The number of hydrogen-bond acceptors (Lipinski definition) is 15. The van der Waals surface area contributed by atoms with E-state index in [1.165, 1.54) is 11.8 Å². The van der Waals surface area contributed by atoms with Gasteiger partial charge in [-0.15, -0.1) is 23.5 Å². The monoisotopic (exact) mass is 1050 g/mol. The van der Waals surface area contributed by atoms with Gasteiger partial charge in [0.25, 0.3) is 5.88 Å². The van der Waals surface area contributed by atoms with Crippen molar-refractivity contribution in [3.05, 3.63) is 127 Å². The van der Waals surface area contributed by atoms with Crippen molar-refractivity contribution in [1.82, 2.24) is 30.6 Å². The zero-order valence-electron chi connectivity index (χ0n) is 41.3. The Bertz CT molecular complexity index is 3010. The molecule has 0 saturated heterocycles. The lowest BCUT2D eigenvalue weighted by Crippen LogP contribution is -2.36. The average molecular weight is 1050 g/mol. The Morgan fingerprint density at radius 3 is 2.11 bits per heavy atom. The molecule has 7 aromatic rings. The molecule has 19 heteroatoms. The van der Waals surface area contributed by atoms with Crippen LogP contribution in [0.5, 0.6) is 11.6 Å². The van der Waals surface area contributed by atoms with Crippen molar-refractivity contribution >= 4 is 97.4 Å². The lowest BCUT2D eigenvalue weighted by atomic mass is 9.85. The number of thioether (sulfide) groups is 2. The van der Waals surface area contributed by atoms with Gasteiger partial charge in [-0.3, -0.25) is 29.1 Å². The summed E-state index contributed by atoms with van der Waals surface area (Å²) in [4.78, 5) is 68.1. The number of nitrogens with two attached hydrogens (primary N) is 1. The van der Waals surface area contributed by atoms with Crippen LogP contribution >= 0.6 is 23.5 Å². The molecule has 2 aliphatic carbocycles. The Morgan fingerprint density at radius 2 is 1.33 bits per heavy atom. The molecule has 12 rings (SSSR count). The molecule has 4 amide bonds. The van der Waals surface area contributed by atoms with Crippen molar-refractivity contribution in [1.29, 1.82) is 0 Å². The molecule has 5 aliphatic rings. The van der Waals surface area contributed by atoms with Crippen LogP contribution < -0.4 is 47.1 Å². The van der Waals surface area contributed by atoms with Gasteiger partial charge in [0.15, 0.2) is 0 Å². The van der Waals surface area contributed by atoms with E-state index in [0.717, 1.165) is 118 Å². The molecule has 8 N–H and O–H groups in total. The van der Waals surface area contributed by atoms with Crippen molar-refractivity contribution in [2.75, 3.05) is 51.7 Å². The smallest absolute Gasteiger partial charge is 0.259 e. The van der Waals surface area contributed by atoms with Crippen LogP contribution in [0.1, 0.15) is 62.6 Å². The number of ether oxygens (including phenoxy) is 2. The molecule has 75 heavy (non-hydrogen) atoms. The minimum atomic E-state index is -0.00327. The van der Waals surface area contributed by atoms with E-state index in [1.807, 2.05) is 72.9 Å². The maximum absolute atomic E-state index is 12.9. The maximum atomic E-state index is 12.9. The van der Waals surface area contributed by atoms with Crippen molar-refractivity contribution in [2.45, 2.75) is 86.3 Å². The van der Waals surface area contributed by atoms with Gasteiger partial charge in [-0.2, -0.15) is 0 Å². The van der Waals surface area contributed by atoms with Gasteiger partial charge in [-0.25, -0.2) is 9.97 Å². The first-order chi connectivity index (χ1) is 36.7. The number of benzene rings is 3. The van der Waals surface area contributed by atoms with E-state index in [-0.39, 0.29) is 35.5 Å². The molecule has 3 aromatic carbocycles. The van der Waals surface area contributed by atoms with E-state index in [2.05, 4.69) is 70.0 Å². The van der Waals surface area contributed by atoms with Gasteiger partial charge in [-0.1, -0.05) is 36.4 Å². The molecular formula is C56H59N11O6S2. The van der Waals surface area contributed by atoms with E-state index in [1.54, 1.807) is 36.4 Å². The summed E-state index contributed by atoms with van der Waals surface area (Å²) in [6.45, 7) is 2.50. The molecule has 0 spiro atoms. The summed E-state index contributed by atoms with van der Waals surface area (Å²) in [6, 6.07) is 30.3. The predicted molar refractivity (Wildman–Crippen MR) is 295 cm³/mol. The molecule has 4 aromatic heterocycles. The molecule has 7 heterocycles. The Labute approximate surface area is 443 Å². The number of nitrogens with zero attached hydrogens (tertiary/aromatic N) is 4. The zero-order chi connectivity index (χ0) is 51.5. The van der Waals surface area contributed by atoms with Gasteiger partial charge >= 0.3 is 0 Å². The summed E-state index contributed by atoms with van der Waals surface area (Å²) in [5, 5.41) is 22.3. The van der Waals surface area contributed by atoms with Gasteiger partial charge in [0.1, 0.15) is 19.0 Å². The summed E-state index contributed by atoms with van der Waals surface area (Å²) in [7, 11) is 0. The highest BCUT2D eigenvalue weighted by atomic mass is 32.2. The van der Waals surface area contributed by atoms with E-state index in [4.69, 9.17) is 15.2 Å². The number of para-hydroxylation sites is 1. The fourth-order valence-corrected chi connectivity index (χ4v) is 11.4. The number of hydrogen-bond donors (Lipinski definition) is 7. The molecular weight excluding hydrogens is 987 g/mol. The third-order valence-electron chi connectivity index (χ3n) is 13.9. The normalized spacial score (nSPS) is 19.6. The third-order valence-corrected chi connectivity index (χ3v) is 16.0. The second-order valence-corrected chi connectivity index (χ2v) is 21.0. The number of aromatic nitrogens is 4. The molecule has 0 radical (unpaired) electrons. The lowest BCUT2D eigenvalue weighted by molar-refractivity contribution is -0.121. The van der Waals surface area contributed by atoms with E-state index < -0.39 is 0 Å². The standard InChI is InChI=1S/C25H26N4O2S.C24H25N5O2S.C7H8N2O2/c30-24-15-32-23-9-4-16(12-22(23)28-24)13-27-19-7-5-17(6-8-19)25(31)29-21-3-1-2-18-14-26-11-10-20(18)21;30-22-14-32-21-10-9-17(27-23(21)29-22)13-26-16-7-5-15(6-8-16)24(31)28-20-11-12-25-19-4-2-1-3-18(19)20;8-5-1-2-9-7-6(5)10-3-4-11-7/h1-4,9-12,14,17,19,27H,5-8,13,15H2,(H,28,30)(H,29,31);1-4,9-12,15-16,26H,5-8,13-14H2,(H,25,28,31)(H,27,29,30);1-2H,3-4H2,(H2,8,9). The number of carbonyl (C=O) groups is 4. The maximum Gasteiger partial charge on any atom is 0.259 e. The van der Waals surface area contributed by atoms with Crippen LogP contribution in [-0.4, -0.2) is 80.4 Å². The largest absolute Gasteiger partial charge is 0.483 e. The van der Waals surface area contributed by atoms with Crippen LogP contribution in [-0.2, 0) is 32.3 Å². The van der Waals surface area contributed by atoms with E-state index in [9.17, 15) is 19.2 Å². The number of carbonyl (C=O) groups excluding carboxylic acids is 4.